The number of phenols is 1. The second kappa shape index (κ2) is 11.6. The molecule has 1 saturated heterocycles. The van der Waals surface area contributed by atoms with Crippen molar-refractivity contribution in [3.05, 3.63) is 41.6 Å². The number of fused-ring (bicyclic) bond motifs is 1. The number of ether oxygens (including phenoxy) is 3. The summed E-state index contributed by atoms with van der Waals surface area (Å²) in [6.07, 6.45) is -3.80. The maximum absolute atomic E-state index is 12.0. The highest BCUT2D eigenvalue weighted by Crippen LogP contribution is 2.42. The molecule has 3 aliphatic heterocycles. The Bertz CT molecular complexity index is 1270. The number of dihydropyridines is 1. The molecule has 7 atom stereocenters. The van der Waals surface area contributed by atoms with Gasteiger partial charge in [0.05, 0.1) is 13.7 Å². The lowest BCUT2D eigenvalue weighted by Crippen LogP contribution is -2.60. The van der Waals surface area contributed by atoms with Gasteiger partial charge >= 0.3 is 17.9 Å². The fraction of sp³-hybridized carbons (Fsp3) is 0.440. The van der Waals surface area contributed by atoms with Crippen molar-refractivity contribution in [1.82, 2.24) is 0 Å². The van der Waals surface area contributed by atoms with Crippen molar-refractivity contribution in [2.45, 2.75) is 55.6 Å². The molecule has 7 N–H and O–H groups in total. The van der Waals surface area contributed by atoms with Gasteiger partial charge < -0.3 is 54.9 Å². The van der Waals surface area contributed by atoms with Crippen LogP contribution in [0.1, 0.15) is 12.0 Å². The van der Waals surface area contributed by atoms with Crippen LogP contribution in [0.5, 0.6) is 11.5 Å². The average Bonchev–Trinajstić information content (AvgIpc) is 3.28. The van der Waals surface area contributed by atoms with Gasteiger partial charge in [-0.3, -0.25) is 4.99 Å². The predicted octanol–water partition coefficient (Wildman–Crippen LogP) is -1.70. The van der Waals surface area contributed by atoms with Gasteiger partial charge in [0.25, 0.3) is 0 Å². The fourth-order valence-electron chi connectivity index (χ4n) is 4.61. The first kappa shape index (κ1) is 29.0. The number of carboxylic acid groups (broad SMARTS) is 2. The van der Waals surface area contributed by atoms with E-state index in [4.69, 9.17) is 9.47 Å². The number of esters is 1. The van der Waals surface area contributed by atoms with Crippen LogP contribution in [-0.4, -0.2) is 116 Å². The predicted molar refractivity (Wildman–Crippen MR) is 133 cm³/mol. The summed E-state index contributed by atoms with van der Waals surface area (Å²) in [6.45, 7) is -0.681. The number of anilines is 1. The number of hydrogen-bond acceptors (Lipinski definition) is 13. The summed E-state index contributed by atoms with van der Waals surface area (Å²) in [6, 6.07) is 0.184. The number of aliphatic carboxylic acids is 2. The Morgan fingerprint density at radius 1 is 1.10 bits per heavy atom. The molecule has 0 spiro atoms. The summed E-state index contributed by atoms with van der Waals surface area (Å²) in [7, 11) is 1.12. The Balaban J connectivity index is 1.61. The fourth-order valence-corrected chi connectivity index (χ4v) is 4.61. The Morgan fingerprint density at radius 2 is 1.82 bits per heavy atom. The number of aromatic hydroxyl groups is 1. The van der Waals surface area contributed by atoms with Crippen molar-refractivity contribution in [3.8, 4) is 11.5 Å². The number of carbonyl (C=O) groups excluding carboxylic acids is 1. The second-order valence-electron chi connectivity index (χ2n) is 9.33. The molecule has 0 aliphatic carbocycles. The molecule has 3 heterocycles. The first-order valence-corrected chi connectivity index (χ1v) is 12.1. The van der Waals surface area contributed by atoms with Crippen molar-refractivity contribution in [3.63, 3.8) is 0 Å². The summed E-state index contributed by atoms with van der Waals surface area (Å²) >= 11 is 0. The quantitative estimate of drug-likeness (QED) is 0.174. The van der Waals surface area contributed by atoms with Crippen LogP contribution in [-0.2, 0) is 30.3 Å². The smallest absolute Gasteiger partial charge is 0.356 e. The standard InChI is InChI=1S/C25H28N2O13/c1-38-24(37)13-5-10(4-12(26-13)22(33)34)2-3-27-14-8-16(29)17(7-11(14)6-15(27)23(35)36)39-25-21(32)20(31)19(30)18(9-28)40-25/h2-3,5,7-8,12,15,18-21,25,28-32H,4,6,9H2,1H3,(H,33,34)(H,35,36)/b3-2+/t12-,15-,18+,19+,20-,21+,25+/m0/s1. The number of phenolic OH excluding ortho intramolecular Hbond substituents is 1. The molecular weight excluding hydrogens is 536 g/mol. The van der Waals surface area contributed by atoms with E-state index < -0.39 is 73.1 Å². The average molecular weight is 565 g/mol. The summed E-state index contributed by atoms with van der Waals surface area (Å²) in [5.41, 5.74) is 0.875. The minimum Gasteiger partial charge on any atom is -0.504 e. The van der Waals surface area contributed by atoms with Gasteiger partial charge in [-0.1, -0.05) is 0 Å². The van der Waals surface area contributed by atoms with Crippen LogP contribution >= 0.6 is 0 Å². The van der Waals surface area contributed by atoms with Gasteiger partial charge in [-0.25, -0.2) is 14.4 Å². The van der Waals surface area contributed by atoms with Crippen LogP contribution in [0.3, 0.4) is 0 Å². The normalized spacial score (nSPS) is 29.9. The van der Waals surface area contributed by atoms with Crippen molar-refractivity contribution >= 4 is 29.3 Å². The third kappa shape index (κ3) is 5.64. The topological polar surface area (TPSA) is 236 Å². The molecule has 0 bridgehead atoms. The van der Waals surface area contributed by atoms with E-state index >= 15 is 0 Å². The number of aliphatic imine (C=N–C) groups is 1. The summed E-state index contributed by atoms with van der Waals surface area (Å²) < 4.78 is 15.5. The Labute approximate surface area is 226 Å². The molecule has 0 aromatic heterocycles. The molecule has 0 radical (unpaired) electrons. The van der Waals surface area contributed by atoms with Gasteiger partial charge in [0, 0.05) is 30.8 Å². The molecular formula is C25H28N2O13. The zero-order chi connectivity index (χ0) is 29.3. The molecule has 216 valence electrons. The van der Waals surface area contributed by atoms with E-state index in [1.807, 2.05) is 0 Å². The molecule has 15 nitrogen and oxygen atoms in total. The minimum atomic E-state index is -1.73. The van der Waals surface area contributed by atoms with Crippen LogP contribution < -0.4 is 9.64 Å². The number of methoxy groups -OCH3 is 1. The molecule has 1 fully saturated rings. The van der Waals surface area contributed by atoms with Crippen LogP contribution in [0.4, 0.5) is 5.69 Å². The number of carboxylic acids is 2. The maximum atomic E-state index is 12.0. The van der Waals surface area contributed by atoms with Gasteiger partial charge in [-0.2, -0.15) is 0 Å². The minimum absolute atomic E-state index is 0.0357. The maximum Gasteiger partial charge on any atom is 0.356 e. The second-order valence-corrected chi connectivity index (χ2v) is 9.33. The Kier molecular flexibility index (Phi) is 8.41. The van der Waals surface area contributed by atoms with Crippen LogP contribution in [0.15, 0.2) is 41.1 Å². The lowest BCUT2D eigenvalue weighted by molar-refractivity contribution is -0.277. The van der Waals surface area contributed by atoms with Gasteiger partial charge in [0.1, 0.15) is 36.2 Å². The highest BCUT2D eigenvalue weighted by atomic mass is 16.7. The first-order valence-electron chi connectivity index (χ1n) is 12.1. The highest BCUT2D eigenvalue weighted by molar-refractivity contribution is 6.41. The lowest BCUT2D eigenvalue weighted by Gasteiger charge is -2.39. The Morgan fingerprint density at radius 3 is 2.45 bits per heavy atom. The molecule has 0 saturated carbocycles. The molecule has 40 heavy (non-hydrogen) atoms. The number of rotatable bonds is 8. The van der Waals surface area contributed by atoms with Crippen molar-refractivity contribution in [2.75, 3.05) is 18.6 Å². The van der Waals surface area contributed by atoms with E-state index in [9.17, 15) is 50.1 Å². The van der Waals surface area contributed by atoms with E-state index in [1.54, 1.807) is 0 Å². The molecule has 15 heteroatoms. The number of aliphatic hydroxyl groups excluding tert-OH is 4. The summed E-state index contributed by atoms with van der Waals surface area (Å²) in [5, 5.41) is 69.4. The number of carbonyl (C=O) groups is 3. The van der Waals surface area contributed by atoms with Gasteiger partial charge in [-0.05, 0) is 29.4 Å². The number of allylic oxidation sites excluding steroid dienone is 1. The molecule has 1 aromatic carbocycles. The molecule has 3 aliphatic rings. The lowest BCUT2D eigenvalue weighted by atomic mass is 9.99. The van der Waals surface area contributed by atoms with Crippen LogP contribution in [0, 0.1) is 0 Å². The summed E-state index contributed by atoms with van der Waals surface area (Å²) in [4.78, 5) is 40.7. The molecule has 0 unspecified atom stereocenters. The molecule has 1 aromatic rings. The van der Waals surface area contributed by atoms with Crippen molar-refractivity contribution < 1.29 is 64.3 Å². The number of hydrogen-bond donors (Lipinski definition) is 7. The number of nitrogens with zero attached hydrogens (tertiary/aromatic N) is 2. The zero-order valence-corrected chi connectivity index (χ0v) is 21.0. The van der Waals surface area contributed by atoms with Gasteiger partial charge in [-0.15, -0.1) is 0 Å². The first-order chi connectivity index (χ1) is 18.9. The van der Waals surface area contributed by atoms with E-state index in [1.165, 1.54) is 35.4 Å². The Hall–Kier alpha value is -4.02. The number of benzene rings is 1. The third-order valence-corrected chi connectivity index (χ3v) is 6.74. The highest BCUT2D eigenvalue weighted by Gasteiger charge is 2.45. The van der Waals surface area contributed by atoms with E-state index in [-0.39, 0.29) is 30.0 Å². The third-order valence-electron chi connectivity index (χ3n) is 6.74. The van der Waals surface area contributed by atoms with Crippen molar-refractivity contribution in [2.24, 2.45) is 4.99 Å². The van der Waals surface area contributed by atoms with Crippen LogP contribution in [0.2, 0.25) is 0 Å². The van der Waals surface area contributed by atoms with E-state index in [2.05, 4.69) is 9.73 Å². The molecule has 4 rings (SSSR count). The van der Waals surface area contributed by atoms with E-state index in [0.29, 0.717) is 11.1 Å². The monoisotopic (exact) mass is 564 g/mol. The number of aliphatic hydroxyl groups is 4. The zero-order valence-electron chi connectivity index (χ0n) is 21.0. The summed E-state index contributed by atoms with van der Waals surface area (Å²) in [5.74, 6) is -3.97. The van der Waals surface area contributed by atoms with Gasteiger partial charge in [0.15, 0.2) is 17.5 Å². The van der Waals surface area contributed by atoms with Crippen LogP contribution in [0.25, 0.3) is 0 Å². The SMILES string of the molecule is COC(=O)C1=N[C@H](C(=O)O)CC(/C=C/N2c3cc(O)c(O[C@@H]4O[C@H](CO)[C@@H](O)[C@H](O)[C@H]4O)cc3C[C@H]2C(=O)O)=C1. The van der Waals surface area contributed by atoms with Gasteiger partial charge in [0.2, 0.25) is 6.29 Å². The van der Waals surface area contributed by atoms with E-state index in [0.717, 1.165) is 7.11 Å². The molecule has 0 amide bonds. The largest absolute Gasteiger partial charge is 0.504 e. The van der Waals surface area contributed by atoms with Crippen molar-refractivity contribution in [1.29, 1.82) is 0 Å².